The number of hydrogen-bond acceptors (Lipinski definition) is 4. The summed E-state index contributed by atoms with van der Waals surface area (Å²) in [5.74, 6) is 0. The topological polar surface area (TPSA) is 43.6 Å². The van der Waals surface area contributed by atoms with Crippen molar-refractivity contribution in [3.8, 4) is 5.69 Å². The molecule has 0 aliphatic carbocycles. The minimum absolute atomic E-state index is 0.129. The van der Waals surface area contributed by atoms with E-state index < -0.39 is 0 Å². The minimum atomic E-state index is -0.129. The minimum Gasteiger partial charge on any atom is -0.245 e. The van der Waals surface area contributed by atoms with Crippen LogP contribution in [0.2, 0.25) is 0 Å². The molecule has 86 valence electrons. The van der Waals surface area contributed by atoms with Crippen molar-refractivity contribution in [2.24, 2.45) is 0 Å². The van der Waals surface area contributed by atoms with E-state index in [2.05, 4.69) is 15.3 Å². The van der Waals surface area contributed by atoms with E-state index in [0.717, 1.165) is 21.6 Å². The second kappa shape index (κ2) is 4.09. The molecule has 1 unspecified atom stereocenters. The highest BCUT2D eigenvalue weighted by atomic mass is 35.5. The Morgan fingerprint density at radius 3 is 3.06 bits per heavy atom. The number of rotatable bonds is 2. The molecule has 0 spiro atoms. The molecule has 0 aliphatic rings. The fourth-order valence-corrected chi connectivity index (χ4v) is 2.38. The van der Waals surface area contributed by atoms with Gasteiger partial charge in [-0.2, -0.15) is 0 Å². The van der Waals surface area contributed by atoms with Crippen molar-refractivity contribution in [3.05, 3.63) is 35.6 Å². The monoisotopic (exact) mass is 264 g/mol. The van der Waals surface area contributed by atoms with Crippen LogP contribution in [0.1, 0.15) is 18.0 Å². The van der Waals surface area contributed by atoms with Gasteiger partial charge in [-0.25, -0.2) is 9.67 Å². The Morgan fingerprint density at radius 1 is 1.41 bits per heavy atom. The molecule has 1 aromatic carbocycles. The zero-order valence-electron chi connectivity index (χ0n) is 9.04. The van der Waals surface area contributed by atoms with Gasteiger partial charge in [0.25, 0.3) is 0 Å². The summed E-state index contributed by atoms with van der Waals surface area (Å²) in [7, 11) is 0. The lowest BCUT2D eigenvalue weighted by Crippen LogP contribution is -1.93. The molecule has 1 atom stereocenters. The molecule has 2 aromatic heterocycles. The van der Waals surface area contributed by atoms with E-state index in [4.69, 9.17) is 11.6 Å². The van der Waals surface area contributed by atoms with Crippen LogP contribution in [-0.4, -0.2) is 20.0 Å². The number of nitrogens with zero attached hydrogens (tertiary/aromatic N) is 4. The van der Waals surface area contributed by atoms with Crippen molar-refractivity contribution < 1.29 is 0 Å². The van der Waals surface area contributed by atoms with Gasteiger partial charge in [0.05, 0.1) is 33.0 Å². The summed E-state index contributed by atoms with van der Waals surface area (Å²) < 4.78 is 2.87. The zero-order chi connectivity index (χ0) is 11.8. The van der Waals surface area contributed by atoms with Gasteiger partial charge in [0.2, 0.25) is 0 Å². The van der Waals surface area contributed by atoms with Crippen LogP contribution in [0, 0.1) is 0 Å². The highest BCUT2D eigenvalue weighted by Gasteiger charge is 2.08. The summed E-state index contributed by atoms with van der Waals surface area (Å²) in [6.45, 7) is 1.88. The summed E-state index contributed by atoms with van der Waals surface area (Å²) >= 11 is 7.57. The van der Waals surface area contributed by atoms with Crippen LogP contribution in [0.5, 0.6) is 0 Å². The van der Waals surface area contributed by atoms with E-state index in [9.17, 15) is 0 Å². The van der Waals surface area contributed by atoms with E-state index in [1.165, 1.54) is 0 Å². The summed E-state index contributed by atoms with van der Waals surface area (Å²) in [4.78, 5) is 4.24. The number of hydrogen-bond donors (Lipinski definition) is 0. The first-order valence-electron chi connectivity index (χ1n) is 5.14. The number of thiazole rings is 1. The molecule has 0 radical (unpaired) electrons. The van der Waals surface area contributed by atoms with Crippen LogP contribution in [0.4, 0.5) is 0 Å². The second-order valence-corrected chi connectivity index (χ2v) is 5.25. The molecular weight excluding hydrogens is 256 g/mol. The smallest absolute Gasteiger partial charge is 0.101 e. The van der Waals surface area contributed by atoms with Gasteiger partial charge in [0, 0.05) is 0 Å². The molecule has 0 aliphatic heterocycles. The van der Waals surface area contributed by atoms with Gasteiger partial charge in [-0.1, -0.05) is 5.21 Å². The van der Waals surface area contributed by atoms with Crippen molar-refractivity contribution in [1.82, 2.24) is 20.0 Å². The van der Waals surface area contributed by atoms with Crippen molar-refractivity contribution in [3.63, 3.8) is 0 Å². The Bertz CT molecular complexity index is 658. The molecule has 0 saturated carbocycles. The Balaban J connectivity index is 2.06. The highest BCUT2D eigenvalue weighted by molar-refractivity contribution is 7.16. The SMILES string of the molecule is CC(Cl)c1cn(-c2ccc3ncsc3c2)nn1. The van der Waals surface area contributed by atoms with E-state index >= 15 is 0 Å². The third-order valence-corrected chi connectivity index (χ3v) is 3.51. The second-order valence-electron chi connectivity index (χ2n) is 3.71. The van der Waals surface area contributed by atoms with Crippen LogP contribution in [0.15, 0.2) is 29.9 Å². The van der Waals surface area contributed by atoms with Crippen LogP contribution >= 0.6 is 22.9 Å². The average Bonchev–Trinajstić information content (AvgIpc) is 2.97. The molecule has 3 rings (SSSR count). The first kappa shape index (κ1) is 10.7. The predicted molar refractivity (Wildman–Crippen MR) is 68.8 cm³/mol. The van der Waals surface area contributed by atoms with Gasteiger partial charge in [-0.05, 0) is 25.1 Å². The molecule has 0 saturated heterocycles. The molecule has 0 N–H and O–H groups in total. The Kier molecular flexibility index (Phi) is 2.57. The lowest BCUT2D eigenvalue weighted by Gasteiger charge is -1.99. The van der Waals surface area contributed by atoms with E-state index in [0.29, 0.717) is 0 Å². The first-order valence-corrected chi connectivity index (χ1v) is 6.45. The quantitative estimate of drug-likeness (QED) is 0.668. The highest BCUT2D eigenvalue weighted by Crippen LogP contribution is 2.22. The molecule has 3 aromatic rings. The van der Waals surface area contributed by atoms with E-state index in [-0.39, 0.29) is 5.38 Å². The van der Waals surface area contributed by atoms with Gasteiger partial charge in [0.1, 0.15) is 5.69 Å². The molecule has 6 heteroatoms. The summed E-state index contributed by atoms with van der Waals surface area (Å²) in [6, 6.07) is 6.00. The normalized spacial score (nSPS) is 13.1. The Labute approximate surface area is 107 Å². The maximum atomic E-state index is 5.96. The van der Waals surface area contributed by atoms with Crippen molar-refractivity contribution in [2.45, 2.75) is 12.3 Å². The van der Waals surface area contributed by atoms with Crippen molar-refractivity contribution >= 4 is 33.2 Å². The number of benzene rings is 1. The maximum absolute atomic E-state index is 5.96. The van der Waals surface area contributed by atoms with Crippen LogP contribution in [0.25, 0.3) is 15.9 Å². The zero-order valence-corrected chi connectivity index (χ0v) is 10.6. The average molecular weight is 265 g/mol. The van der Waals surface area contributed by atoms with E-state index in [1.54, 1.807) is 16.0 Å². The standard InChI is InChI=1S/C11H9ClN4S/c1-7(12)10-5-16(15-14-10)8-2-3-9-11(4-8)17-6-13-9/h2-7H,1H3. The Morgan fingerprint density at radius 2 is 2.29 bits per heavy atom. The van der Waals surface area contributed by atoms with Gasteiger partial charge in [0.15, 0.2) is 0 Å². The fraction of sp³-hybridized carbons (Fsp3) is 0.182. The molecular formula is C11H9ClN4S. The molecule has 17 heavy (non-hydrogen) atoms. The largest absolute Gasteiger partial charge is 0.245 e. The number of halogens is 1. The number of alkyl halides is 1. The third-order valence-electron chi connectivity index (χ3n) is 2.50. The number of aromatic nitrogens is 4. The van der Waals surface area contributed by atoms with Crippen LogP contribution in [0.3, 0.4) is 0 Å². The fourth-order valence-electron chi connectivity index (χ4n) is 1.57. The van der Waals surface area contributed by atoms with Gasteiger partial charge >= 0.3 is 0 Å². The lowest BCUT2D eigenvalue weighted by atomic mass is 10.3. The predicted octanol–water partition coefficient (Wildman–Crippen LogP) is 3.18. The van der Waals surface area contributed by atoms with Crippen LogP contribution < -0.4 is 0 Å². The molecule has 0 amide bonds. The molecule has 4 nitrogen and oxygen atoms in total. The van der Waals surface area contributed by atoms with Crippen LogP contribution in [-0.2, 0) is 0 Å². The summed E-state index contributed by atoms with van der Waals surface area (Å²) in [6.07, 6.45) is 1.85. The van der Waals surface area contributed by atoms with Crippen molar-refractivity contribution in [2.75, 3.05) is 0 Å². The first-order chi connectivity index (χ1) is 8.24. The third kappa shape index (κ3) is 1.92. The Hall–Kier alpha value is -1.46. The van der Waals surface area contributed by atoms with E-state index in [1.807, 2.05) is 36.8 Å². The van der Waals surface area contributed by atoms with Gasteiger partial charge in [-0.3, -0.25) is 0 Å². The van der Waals surface area contributed by atoms with Gasteiger partial charge < -0.3 is 0 Å². The lowest BCUT2D eigenvalue weighted by molar-refractivity contribution is 0.797. The van der Waals surface area contributed by atoms with Gasteiger partial charge in [-0.15, -0.1) is 28.0 Å². The summed E-state index contributed by atoms with van der Waals surface area (Å²) in [5, 5.41) is 7.97. The molecule has 0 bridgehead atoms. The molecule has 0 fully saturated rings. The summed E-state index contributed by atoms with van der Waals surface area (Å²) in [5.41, 5.74) is 4.58. The maximum Gasteiger partial charge on any atom is 0.101 e. The number of fused-ring (bicyclic) bond motifs is 1. The molecule has 2 heterocycles. The van der Waals surface area contributed by atoms with Crippen molar-refractivity contribution in [1.29, 1.82) is 0 Å².